The normalized spacial score (nSPS) is 9.70. The van der Waals surface area contributed by atoms with Crippen LogP contribution in [0.5, 0.6) is 0 Å². The van der Waals surface area contributed by atoms with Gasteiger partial charge in [-0.05, 0) is 23.9 Å². The number of thiophene rings is 1. The van der Waals surface area contributed by atoms with Crippen molar-refractivity contribution in [1.82, 2.24) is 0 Å². The summed E-state index contributed by atoms with van der Waals surface area (Å²) in [6, 6.07) is 1.99. The fraction of sp³-hybridized carbons (Fsp3) is 0.286. The third kappa shape index (κ3) is 1.57. The highest BCUT2D eigenvalue weighted by molar-refractivity contribution is 7.10. The molecule has 0 atom stereocenters. The lowest BCUT2D eigenvalue weighted by atomic mass is 10.2. The Morgan fingerprint density at radius 1 is 1.80 bits per heavy atom. The van der Waals surface area contributed by atoms with Crippen LogP contribution in [0, 0.1) is 6.92 Å². The largest absolute Gasteiger partial charge is 0.369 e. The molecule has 3 heteroatoms. The summed E-state index contributed by atoms with van der Waals surface area (Å²) >= 11 is 1.58. The maximum absolute atomic E-state index is 10.4. The molecular weight excluding hydrogens is 146 g/mol. The third-order valence-corrected chi connectivity index (χ3v) is 2.33. The molecule has 10 heavy (non-hydrogen) atoms. The first kappa shape index (κ1) is 7.28. The molecule has 1 aromatic rings. The van der Waals surface area contributed by atoms with Crippen LogP contribution in [0.2, 0.25) is 0 Å². The highest BCUT2D eigenvalue weighted by Gasteiger charge is 2.01. The van der Waals surface area contributed by atoms with Crippen molar-refractivity contribution in [3.05, 3.63) is 21.9 Å². The van der Waals surface area contributed by atoms with Crippen LogP contribution in [0.3, 0.4) is 0 Å². The average molecular weight is 155 g/mol. The predicted octanol–water partition coefficient (Wildman–Crippen LogP) is 1.08. The van der Waals surface area contributed by atoms with Gasteiger partial charge in [0.15, 0.2) is 0 Å². The number of aryl methyl sites for hydroxylation is 1. The highest BCUT2D eigenvalue weighted by atomic mass is 32.1. The minimum absolute atomic E-state index is 0.259. The Kier molecular flexibility index (Phi) is 2.06. The smallest absolute Gasteiger partial charge is 0.222 e. The van der Waals surface area contributed by atoms with Crippen LogP contribution in [-0.4, -0.2) is 5.91 Å². The first-order valence-electron chi connectivity index (χ1n) is 3.01. The summed E-state index contributed by atoms with van der Waals surface area (Å²) in [5.41, 5.74) is 6.18. The molecule has 0 radical (unpaired) electrons. The van der Waals surface area contributed by atoms with Crippen LogP contribution in [0.15, 0.2) is 11.4 Å². The lowest BCUT2D eigenvalue weighted by molar-refractivity contribution is -0.117. The zero-order valence-corrected chi connectivity index (χ0v) is 6.57. The van der Waals surface area contributed by atoms with E-state index >= 15 is 0 Å². The number of nitrogens with two attached hydrogens (primary N) is 1. The predicted molar refractivity (Wildman–Crippen MR) is 42.0 cm³/mol. The van der Waals surface area contributed by atoms with Gasteiger partial charge in [0.1, 0.15) is 0 Å². The van der Waals surface area contributed by atoms with E-state index in [-0.39, 0.29) is 5.91 Å². The maximum Gasteiger partial charge on any atom is 0.222 e. The standard InChI is InChI=1S/C7H9NOS/c1-5-2-3-10-6(5)4-7(8)9/h2-3H,4H2,1H3,(H2,8,9). The molecule has 2 nitrogen and oxygen atoms in total. The van der Waals surface area contributed by atoms with Crippen molar-refractivity contribution in [2.24, 2.45) is 5.73 Å². The van der Waals surface area contributed by atoms with Crippen LogP contribution < -0.4 is 5.73 Å². The lowest BCUT2D eigenvalue weighted by Gasteiger charge is -1.92. The van der Waals surface area contributed by atoms with Gasteiger partial charge in [0.2, 0.25) is 5.91 Å². The molecule has 1 rings (SSSR count). The second-order valence-electron chi connectivity index (χ2n) is 2.17. The number of amides is 1. The van der Waals surface area contributed by atoms with E-state index in [1.54, 1.807) is 11.3 Å². The van der Waals surface area contributed by atoms with Gasteiger partial charge < -0.3 is 5.73 Å². The summed E-state index contributed by atoms with van der Waals surface area (Å²) in [6.45, 7) is 1.98. The Balaban J connectivity index is 2.74. The monoisotopic (exact) mass is 155 g/mol. The van der Waals surface area contributed by atoms with Crippen LogP contribution in [0.4, 0.5) is 0 Å². The molecule has 1 amide bonds. The summed E-state index contributed by atoms with van der Waals surface area (Å²) in [6.07, 6.45) is 0.378. The van der Waals surface area contributed by atoms with E-state index in [1.165, 1.54) is 0 Å². The molecule has 0 aliphatic carbocycles. The van der Waals surface area contributed by atoms with Crippen LogP contribution in [0.1, 0.15) is 10.4 Å². The van der Waals surface area contributed by atoms with Crippen molar-refractivity contribution < 1.29 is 4.79 Å². The highest BCUT2D eigenvalue weighted by Crippen LogP contribution is 2.15. The molecule has 0 saturated carbocycles. The van der Waals surface area contributed by atoms with Crippen molar-refractivity contribution in [1.29, 1.82) is 0 Å². The van der Waals surface area contributed by atoms with Crippen LogP contribution in [-0.2, 0) is 11.2 Å². The Morgan fingerprint density at radius 3 is 2.90 bits per heavy atom. The van der Waals surface area contributed by atoms with Crippen molar-refractivity contribution in [2.45, 2.75) is 13.3 Å². The second-order valence-corrected chi connectivity index (χ2v) is 3.17. The maximum atomic E-state index is 10.4. The van der Waals surface area contributed by atoms with E-state index in [1.807, 2.05) is 18.4 Å². The van der Waals surface area contributed by atoms with Gasteiger partial charge in [-0.3, -0.25) is 4.79 Å². The van der Waals surface area contributed by atoms with Crippen molar-refractivity contribution in [2.75, 3.05) is 0 Å². The summed E-state index contributed by atoms with van der Waals surface area (Å²) in [5, 5.41) is 1.97. The Labute approximate surface area is 63.7 Å². The molecule has 0 saturated heterocycles. The van der Waals surface area contributed by atoms with Crippen LogP contribution in [0.25, 0.3) is 0 Å². The minimum atomic E-state index is -0.259. The zero-order chi connectivity index (χ0) is 7.56. The lowest BCUT2D eigenvalue weighted by Crippen LogP contribution is -2.13. The third-order valence-electron chi connectivity index (χ3n) is 1.30. The van der Waals surface area contributed by atoms with Gasteiger partial charge in [-0.1, -0.05) is 0 Å². The van der Waals surface area contributed by atoms with Gasteiger partial charge in [0.25, 0.3) is 0 Å². The number of hydrogen-bond donors (Lipinski definition) is 1. The van der Waals surface area contributed by atoms with Crippen molar-refractivity contribution >= 4 is 17.2 Å². The Hall–Kier alpha value is -0.830. The molecule has 0 aliphatic rings. The van der Waals surface area contributed by atoms with Crippen LogP contribution >= 0.6 is 11.3 Å². The number of carbonyl (C=O) groups excluding carboxylic acids is 1. The SMILES string of the molecule is Cc1ccsc1CC(N)=O. The second kappa shape index (κ2) is 2.84. The quantitative estimate of drug-likeness (QED) is 0.682. The molecule has 54 valence electrons. The molecule has 0 aromatic carbocycles. The van der Waals surface area contributed by atoms with Gasteiger partial charge in [0, 0.05) is 4.88 Å². The Bertz CT molecular complexity index is 242. The number of rotatable bonds is 2. The van der Waals surface area contributed by atoms with Gasteiger partial charge in [0.05, 0.1) is 6.42 Å². The summed E-state index contributed by atoms with van der Waals surface area (Å²) in [4.78, 5) is 11.5. The molecule has 0 spiro atoms. The van der Waals surface area contributed by atoms with Gasteiger partial charge in [-0.25, -0.2) is 0 Å². The topological polar surface area (TPSA) is 43.1 Å². The van der Waals surface area contributed by atoms with E-state index in [0.717, 1.165) is 10.4 Å². The van der Waals surface area contributed by atoms with E-state index in [0.29, 0.717) is 6.42 Å². The van der Waals surface area contributed by atoms with E-state index < -0.39 is 0 Å². The average Bonchev–Trinajstić information content (AvgIpc) is 2.15. The van der Waals surface area contributed by atoms with Gasteiger partial charge in [-0.15, -0.1) is 11.3 Å². The first-order valence-corrected chi connectivity index (χ1v) is 3.89. The first-order chi connectivity index (χ1) is 4.70. The van der Waals surface area contributed by atoms with Crippen molar-refractivity contribution in [3.8, 4) is 0 Å². The van der Waals surface area contributed by atoms with Gasteiger partial charge in [-0.2, -0.15) is 0 Å². The summed E-state index contributed by atoms with van der Waals surface area (Å²) in [7, 11) is 0. The molecule has 1 heterocycles. The zero-order valence-electron chi connectivity index (χ0n) is 5.76. The minimum Gasteiger partial charge on any atom is -0.369 e. The fourth-order valence-electron chi connectivity index (χ4n) is 0.743. The van der Waals surface area contributed by atoms with E-state index in [9.17, 15) is 4.79 Å². The summed E-state index contributed by atoms with van der Waals surface area (Å²) in [5.74, 6) is -0.259. The molecule has 2 N–H and O–H groups in total. The van der Waals surface area contributed by atoms with Crippen molar-refractivity contribution in [3.63, 3.8) is 0 Å². The van der Waals surface area contributed by atoms with Gasteiger partial charge >= 0.3 is 0 Å². The number of primary amides is 1. The molecule has 0 bridgehead atoms. The Morgan fingerprint density at radius 2 is 2.50 bits per heavy atom. The summed E-state index contributed by atoms with van der Waals surface area (Å²) < 4.78 is 0. The van der Waals surface area contributed by atoms with E-state index in [4.69, 9.17) is 5.73 Å². The number of carbonyl (C=O) groups is 1. The number of hydrogen-bond acceptors (Lipinski definition) is 2. The molecule has 1 aromatic heterocycles. The van der Waals surface area contributed by atoms with E-state index in [2.05, 4.69) is 0 Å². The molecule has 0 aliphatic heterocycles. The molecular formula is C7H9NOS. The molecule has 0 unspecified atom stereocenters. The fourth-order valence-corrected chi connectivity index (χ4v) is 1.66. The molecule has 0 fully saturated rings.